The van der Waals surface area contributed by atoms with E-state index < -0.39 is 0 Å². The number of amides is 5. The molecule has 0 saturated heterocycles. The average molecular weight is 1370 g/mol. The van der Waals surface area contributed by atoms with Gasteiger partial charge in [0.1, 0.15) is 0 Å². The smallest absolute Gasteiger partial charge is 0.221 e. The first kappa shape index (κ1) is 94.2. The van der Waals surface area contributed by atoms with Gasteiger partial charge in [-0.25, -0.2) is 0 Å². The lowest BCUT2D eigenvalue weighted by atomic mass is 10.1. The summed E-state index contributed by atoms with van der Waals surface area (Å²) in [6.45, 7) is 21.4. The molecule has 5 N–H and O–H groups in total. The van der Waals surface area contributed by atoms with E-state index in [-0.39, 0.29) is 29.5 Å². The summed E-state index contributed by atoms with van der Waals surface area (Å²) in [5.41, 5.74) is 0. The van der Waals surface area contributed by atoms with Gasteiger partial charge in [-0.15, -0.1) is 0 Å². The maximum atomic E-state index is 13.4. The third kappa shape index (κ3) is 74.2. The van der Waals surface area contributed by atoms with Crippen molar-refractivity contribution in [3.05, 3.63) is 0 Å². The van der Waals surface area contributed by atoms with Crippen molar-refractivity contribution in [1.82, 2.24) is 41.3 Å². The number of hydrogen-bond acceptors (Lipinski definition) is 8. The number of hydrogen-bond donors (Lipinski definition) is 5. The highest BCUT2D eigenvalue weighted by atomic mass is 16.2. The van der Waals surface area contributed by atoms with Gasteiger partial charge in [-0.2, -0.15) is 0 Å². The van der Waals surface area contributed by atoms with Crippen LogP contribution in [0.25, 0.3) is 0 Å². The second-order valence-corrected chi connectivity index (χ2v) is 29.7. The fraction of sp³-hybridized carbons (Fsp3) is 0.940. The molecule has 5 amide bonds. The summed E-state index contributed by atoms with van der Waals surface area (Å²) in [5.74, 6) is 0.487. The van der Waals surface area contributed by atoms with Crippen LogP contribution in [-0.4, -0.2) is 136 Å². The van der Waals surface area contributed by atoms with E-state index in [1.165, 1.54) is 270 Å². The van der Waals surface area contributed by atoms with Gasteiger partial charge in [0.25, 0.3) is 0 Å². The molecule has 0 unspecified atom stereocenters. The summed E-state index contributed by atoms with van der Waals surface area (Å²) in [5, 5.41) is 16.1. The van der Waals surface area contributed by atoms with Gasteiger partial charge in [-0.05, 0) is 77.5 Å². The molecule has 13 heteroatoms. The van der Waals surface area contributed by atoms with Crippen molar-refractivity contribution < 1.29 is 24.0 Å². The van der Waals surface area contributed by atoms with Crippen LogP contribution >= 0.6 is 0 Å². The van der Waals surface area contributed by atoms with E-state index in [0.717, 1.165) is 142 Å². The second-order valence-electron chi connectivity index (χ2n) is 29.7. The van der Waals surface area contributed by atoms with Crippen molar-refractivity contribution in [2.45, 2.75) is 420 Å². The molecule has 0 saturated carbocycles. The number of nitrogens with zero attached hydrogens (tertiary/aromatic N) is 3. The molecule has 0 aromatic rings. The molecule has 0 fully saturated rings. The van der Waals surface area contributed by atoms with E-state index in [1.807, 2.05) is 0 Å². The third-order valence-corrected chi connectivity index (χ3v) is 20.2. The Labute approximate surface area is 603 Å². The summed E-state index contributed by atoms with van der Waals surface area (Å²) in [7, 11) is 0. The number of nitrogens with one attached hydrogen (secondary N) is 5. The van der Waals surface area contributed by atoms with Crippen molar-refractivity contribution in [2.24, 2.45) is 0 Å². The number of unbranched alkanes of at least 4 members (excludes halogenated alkanes) is 48. The Morgan fingerprint density at radius 1 is 0.165 bits per heavy atom. The predicted molar refractivity (Wildman–Crippen MR) is 420 cm³/mol. The van der Waals surface area contributed by atoms with Crippen molar-refractivity contribution in [3.8, 4) is 0 Å². The molecule has 0 aromatic carbocycles. The molecule has 0 aromatic heterocycles. The van der Waals surface area contributed by atoms with Gasteiger partial charge < -0.3 is 41.3 Å². The van der Waals surface area contributed by atoms with E-state index in [0.29, 0.717) is 64.8 Å². The fourth-order valence-corrected chi connectivity index (χ4v) is 13.5. The van der Waals surface area contributed by atoms with Gasteiger partial charge in [0.05, 0.1) is 0 Å². The van der Waals surface area contributed by atoms with Gasteiger partial charge in [0, 0.05) is 97.6 Å². The standard InChI is InChI=1S/C84H168N8O5/c1-6-11-16-21-26-31-36-37-42-47-52-53-66-85-80(93)61-75-90(73-60-74-92(78-64-83(96)88-69-56-50-45-40-34-29-24-19-14-9-4)79-65-84(97)89-70-57-51-46-41-35-30-25-20-15-10-5)71-58-59-72-91(76-62-81(94)86-67-54-48-43-38-32-27-22-17-12-7-2)77-63-82(95)87-68-55-49-44-39-33-28-23-18-13-8-3/h6-79H2,1-5H3,(H,85,93)(H,86,94)(H,87,95)(H,88,96)(H,89,97). The Balaban J connectivity index is 5.85. The lowest BCUT2D eigenvalue weighted by Gasteiger charge is -2.26. The van der Waals surface area contributed by atoms with Gasteiger partial charge in [0.15, 0.2) is 0 Å². The lowest BCUT2D eigenvalue weighted by molar-refractivity contribution is -0.123. The topological polar surface area (TPSA) is 155 Å². The third-order valence-electron chi connectivity index (χ3n) is 20.2. The number of carbonyl (C=O) groups excluding carboxylic acids is 5. The van der Waals surface area contributed by atoms with Crippen LogP contribution in [-0.2, 0) is 24.0 Å². The van der Waals surface area contributed by atoms with Crippen LogP contribution in [0, 0.1) is 0 Å². The summed E-state index contributed by atoms with van der Waals surface area (Å²) in [6, 6.07) is 0. The van der Waals surface area contributed by atoms with E-state index in [4.69, 9.17) is 0 Å². The molecule has 13 nitrogen and oxygen atoms in total. The van der Waals surface area contributed by atoms with Crippen molar-refractivity contribution in [1.29, 1.82) is 0 Å². The van der Waals surface area contributed by atoms with E-state index in [9.17, 15) is 24.0 Å². The van der Waals surface area contributed by atoms with Gasteiger partial charge >= 0.3 is 0 Å². The zero-order chi connectivity index (χ0) is 70.5. The molecule has 0 aliphatic heterocycles. The van der Waals surface area contributed by atoms with E-state index in [1.54, 1.807) is 0 Å². The van der Waals surface area contributed by atoms with Crippen LogP contribution in [0.5, 0.6) is 0 Å². The normalized spacial score (nSPS) is 11.6. The van der Waals surface area contributed by atoms with E-state index >= 15 is 0 Å². The fourth-order valence-electron chi connectivity index (χ4n) is 13.5. The van der Waals surface area contributed by atoms with Crippen molar-refractivity contribution in [3.63, 3.8) is 0 Å². The Bertz CT molecular complexity index is 1590. The molecule has 0 rings (SSSR count). The molecule has 574 valence electrons. The molecule has 0 atom stereocenters. The molecule has 0 bridgehead atoms. The molecular weight excluding hydrogens is 1200 g/mol. The second kappa shape index (κ2) is 78.9. The number of carbonyl (C=O) groups is 5. The summed E-state index contributed by atoms with van der Waals surface area (Å²) in [6.07, 6.45) is 71.3. The molecule has 0 heterocycles. The zero-order valence-electron chi connectivity index (χ0n) is 65.7. The first-order valence-corrected chi connectivity index (χ1v) is 43.2. The molecule has 0 radical (unpaired) electrons. The SMILES string of the molecule is CCCCCCCCCCCCCCNC(=O)CCN(CCCCN(CCC(=O)NCCCCCCCCCCCC)CCC(=O)NCCCCCCCCCCCC)CCCN(CCC(=O)NCCCCCCCCCCCC)CCC(=O)NCCCCCCCCCCCC. The molecule has 97 heavy (non-hydrogen) atoms. The highest BCUT2D eigenvalue weighted by Gasteiger charge is 2.16. The summed E-state index contributed by atoms with van der Waals surface area (Å²) >= 11 is 0. The van der Waals surface area contributed by atoms with Crippen molar-refractivity contribution >= 4 is 29.5 Å². The van der Waals surface area contributed by atoms with Crippen LogP contribution in [0.1, 0.15) is 420 Å². The average Bonchev–Trinajstić information content (AvgIpc) is 3.81. The Hall–Kier alpha value is -2.77. The van der Waals surface area contributed by atoms with Crippen LogP contribution in [0.15, 0.2) is 0 Å². The first-order valence-electron chi connectivity index (χ1n) is 43.2. The summed E-state index contributed by atoms with van der Waals surface area (Å²) < 4.78 is 0. The Kier molecular flexibility index (Phi) is 76.7. The number of rotatable bonds is 81. The highest BCUT2D eigenvalue weighted by molar-refractivity contribution is 5.77. The van der Waals surface area contributed by atoms with Crippen LogP contribution < -0.4 is 26.6 Å². The lowest BCUT2D eigenvalue weighted by Crippen LogP contribution is -2.37. The first-order chi connectivity index (χ1) is 47.7. The van der Waals surface area contributed by atoms with Gasteiger partial charge in [-0.1, -0.05) is 336 Å². The van der Waals surface area contributed by atoms with Crippen LogP contribution in [0.2, 0.25) is 0 Å². The molecule has 0 aliphatic rings. The monoisotopic (exact) mass is 1370 g/mol. The van der Waals surface area contributed by atoms with E-state index in [2.05, 4.69) is 75.9 Å². The van der Waals surface area contributed by atoms with Gasteiger partial charge in [0.2, 0.25) is 29.5 Å². The minimum atomic E-state index is 0.0893. The largest absolute Gasteiger partial charge is 0.356 e. The predicted octanol–water partition coefficient (Wildman–Crippen LogP) is 21.0. The quantitative estimate of drug-likeness (QED) is 0.0377. The van der Waals surface area contributed by atoms with Crippen LogP contribution in [0.4, 0.5) is 0 Å². The molecule has 0 spiro atoms. The Morgan fingerprint density at radius 2 is 0.299 bits per heavy atom. The maximum Gasteiger partial charge on any atom is 0.221 e. The Morgan fingerprint density at radius 3 is 0.464 bits per heavy atom. The molecule has 0 aliphatic carbocycles. The minimum Gasteiger partial charge on any atom is -0.356 e. The van der Waals surface area contributed by atoms with Crippen LogP contribution in [0.3, 0.4) is 0 Å². The molecular formula is C84H168N8O5. The van der Waals surface area contributed by atoms with Gasteiger partial charge in [-0.3, -0.25) is 24.0 Å². The highest BCUT2D eigenvalue weighted by Crippen LogP contribution is 2.16. The minimum absolute atomic E-state index is 0.0893. The summed E-state index contributed by atoms with van der Waals surface area (Å²) in [4.78, 5) is 73.6. The maximum absolute atomic E-state index is 13.4. The van der Waals surface area contributed by atoms with Crippen molar-refractivity contribution in [2.75, 3.05) is 91.6 Å². The zero-order valence-corrected chi connectivity index (χ0v) is 65.7.